The number of aryl methyl sites for hydroxylation is 4. The average Bonchev–Trinajstić information content (AvgIpc) is 2.77. The molecule has 4 aromatic rings. The number of aromatic hydroxyl groups is 3. The molecule has 0 saturated carbocycles. The van der Waals surface area contributed by atoms with Crippen LogP contribution >= 0.6 is 0 Å². The molecule has 0 atom stereocenters. The Hall–Kier alpha value is -4.12. The Bertz CT molecular complexity index is 1240. The third kappa shape index (κ3) is 4.58. The second-order valence-corrected chi connectivity index (χ2v) is 8.30. The Morgan fingerprint density at radius 1 is 0.545 bits per heavy atom. The summed E-state index contributed by atoms with van der Waals surface area (Å²) in [5.74, 6) is 1.62. The first-order chi connectivity index (χ1) is 15.7. The molecule has 0 unspecified atom stereocenters. The summed E-state index contributed by atoms with van der Waals surface area (Å²) in [6.45, 7) is 7.53. The van der Waals surface area contributed by atoms with Crippen molar-refractivity contribution in [1.29, 1.82) is 0 Å². The predicted octanol–water partition coefficient (Wildman–Crippen LogP) is 7.30. The number of ether oxygens (including phenoxy) is 1. The molecule has 0 aliphatic heterocycles. The first-order valence-electron chi connectivity index (χ1n) is 10.7. The molecule has 0 aromatic heterocycles. The summed E-state index contributed by atoms with van der Waals surface area (Å²) in [6.07, 6.45) is 0. The number of hydrogen-bond acceptors (Lipinski definition) is 5. The summed E-state index contributed by atoms with van der Waals surface area (Å²) < 4.78 is 5.98. The number of anilines is 3. The van der Waals surface area contributed by atoms with Crippen molar-refractivity contribution >= 4 is 17.1 Å². The molecule has 3 N–H and O–H groups in total. The van der Waals surface area contributed by atoms with E-state index in [1.54, 1.807) is 18.2 Å². The third-order valence-electron chi connectivity index (χ3n) is 5.59. The summed E-state index contributed by atoms with van der Waals surface area (Å²) in [5, 5.41) is 30.3. The van der Waals surface area contributed by atoms with Crippen LogP contribution < -0.4 is 9.64 Å². The highest BCUT2D eigenvalue weighted by atomic mass is 16.5. The van der Waals surface area contributed by atoms with E-state index in [4.69, 9.17) is 4.74 Å². The highest BCUT2D eigenvalue weighted by Crippen LogP contribution is 2.40. The van der Waals surface area contributed by atoms with E-state index in [0.29, 0.717) is 11.5 Å². The van der Waals surface area contributed by atoms with Crippen molar-refractivity contribution < 1.29 is 20.1 Å². The highest BCUT2D eigenvalue weighted by Gasteiger charge is 2.16. The first kappa shape index (κ1) is 22.1. The van der Waals surface area contributed by atoms with E-state index in [9.17, 15) is 15.3 Å². The Balaban J connectivity index is 1.73. The van der Waals surface area contributed by atoms with Crippen LogP contribution in [-0.2, 0) is 0 Å². The van der Waals surface area contributed by atoms with Crippen molar-refractivity contribution in [3.63, 3.8) is 0 Å². The Kier molecular flexibility index (Phi) is 5.88. The molecular weight excluding hydrogens is 414 g/mol. The Morgan fingerprint density at radius 3 is 1.55 bits per heavy atom. The highest BCUT2D eigenvalue weighted by molar-refractivity contribution is 5.78. The van der Waals surface area contributed by atoms with Gasteiger partial charge in [0.1, 0.15) is 17.2 Å². The van der Waals surface area contributed by atoms with Gasteiger partial charge < -0.3 is 25.0 Å². The molecule has 4 rings (SSSR count). The molecule has 33 heavy (non-hydrogen) atoms. The molecule has 0 fully saturated rings. The molecule has 0 saturated heterocycles. The Morgan fingerprint density at radius 2 is 1.06 bits per heavy atom. The van der Waals surface area contributed by atoms with Gasteiger partial charge in [0.05, 0.1) is 0 Å². The minimum atomic E-state index is 0.109. The number of phenols is 3. The zero-order valence-electron chi connectivity index (χ0n) is 19.1. The van der Waals surface area contributed by atoms with Crippen molar-refractivity contribution in [2.75, 3.05) is 4.90 Å². The molecule has 0 radical (unpaired) electrons. The Labute approximate surface area is 193 Å². The third-order valence-corrected chi connectivity index (χ3v) is 5.59. The second kappa shape index (κ2) is 8.79. The summed E-state index contributed by atoms with van der Waals surface area (Å²) in [4.78, 5) is 2.04. The lowest BCUT2D eigenvalue weighted by molar-refractivity contribution is 0.408. The van der Waals surface area contributed by atoms with E-state index in [2.05, 4.69) is 0 Å². The fourth-order valence-corrected chi connectivity index (χ4v) is 3.85. The van der Waals surface area contributed by atoms with Gasteiger partial charge in [-0.05, 0) is 117 Å². The molecule has 4 aromatic carbocycles. The van der Waals surface area contributed by atoms with Crippen molar-refractivity contribution in [3.8, 4) is 28.7 Å². The summed E-state index contributed by atoms with van der Waals surface area (Å²) in [7, 11) is 0. The van der Waals surface area contributed by atoms with E-state index in [1.165, 1.54) is 0 Å². The topological polar surface area (TPSA) is 73.2 Å². The van der Waals surface area contributed by atoms with Gasteiger partial charge in [0.25, 0.3) is 0 Å². The van der Waals surface area contributed by atoms with Gasteiger partial charge in [0.15, 0.2) is 11.5 Å². The number of rotatable bonds is 5. The summed E-state index contributed by atoms with van der Waals surface area (Å²) in [6, 6.07) is 22.1. The van der Waals surface area contributed by atoms with Crippen molar-refractivity contribution in [3.05, 3.63) is 95.1 Å². The maximum Gasteiger partial charge on any atom is 0.171 e. The molecule has 168 valence electrons. The molecule has 0 spiro atoms. The van der Waals surface area contributed by atoms with E-state index >= 15 is 0 Å². The van der Waals surface area contributed by atoms with Gasteiger partial charge in [-0.3, -0.25) is 0 Å². The predicted molar refractivity (Wildman–Crippen MR) is 132 cm³/mol. The monoisotopic (exact) mass is 441 g/mol. The molecule has 5 heteroatoms. The van der Waals surface area contributed by atoms with Gasteiger partial charge >= 0.3 is 0 Å². The molecule has 0 heterocycles. The largest absolute Gasteiger partial charge is 0.508 e. The summed E-state index contributed by atoms with van der Waals surface area (Å²) in [5.41, 5.74) is 5.97. The minimum absolute atomic E-state index is 0.109. The van der Waals surface area contributed by atoms with E-state index < -0.39 is 0 Å². The first-order valence-corrected chi connectivity index (χ1v) is 10.7. The van der Waals surface area contributed by atoms with Gasteiger partial charge in [0, 0.05) is 17.1 Å². The molecule has 0 bridgehead atoms. The lowest BCUT2D eigenvalue weighted by atomic mass is 10.1. The minimum Gasteiger partial charge on any atom is -0.508 e. The van der Waals surface area contributed by atoms with E-state index in [1.807, 2.05) is 87.2 Å². The van der Waals surface area contributed by atoms with E-state index in [0.717, 1.165) is 39.3 Å². The molecule has 0 amide bonds. The normalized spacial score (nSPS) is 10.8. The summed E-state index contributed by atoms with van der Waals surface area (Å²) >= 11 is 0. The SMILES string of the molecule is Cc1cc(C)c(Oc2ccc(N(c3ccc(O)c(C)c3)c3ccc(O)c(C)c3)cc2)c(O)c1. The second-order valence-electron chi connectivity index (χ2n) is 8.30. The van der Waals surface area contributed by atoms with Crippen LogP contribution in [0.3, 0.4) is 0 Å². The number of nitrogens with zero attached hydrogens (tertiary/aromatic N) is 1. The van der Waals surface area contributed by atoms with Crippen LogP contribution in [0, 0.1) is 27.7 Å². The van der Waals surface area contributed by atoms with Crippen LogP contribution in [0.15, 0.2) is 72.8 Å². The van der Waals surface area contributed by atoms with Crippen LogP contribution in [0.5, 0.6) is 28.7 Å². The number of hydrogen-bond donors (Lipinski definition) is 3. The molecule has 0 aliphatic rings. The van der Waals surface area contributed by atoms with Crippen LogP contribution in [0.2, 0.25) is 0 Å². The van der Waals surface area contributed by atoms with Gasteiger partial charge in [-0.25, -0.2) is 0 Å². The van der Waals surface area contributed by atoms with Gasteiger partial charge in [-0.1, -0.05) is 6.07 Å². The van der Waals surface area contributed by atoms with E-state index in [-0.39, 0.29) is 17.2 Å². The lowest BCUT2D eigenvalue weighted by Gasteiger charge is -2.26. The average molecular weight is 442 g/mol. The standard InChI is InChI=1S/C28H27NO4/c1-17-13-20(4)28(27(32)14-17)33-24-9-5-21(6-10-24)29(22-7-11-25(30)18(2)15-22)23-8-12-26(31)19(3)16-23/h5-16,30-32H,1-4H3. The molecule has 5 nitrogen and oxygen atoms in total. The zero-order valence-corrected chi connectivity index (χ0v) is 19.1. The van der Waals surface area contributed by atoms with Crippen molar-refractivity contribution in [2.24, 2.45) is 0 Å². The van der Waals surface area contributed by atoms with Crippen molar-refractivity contribution in [2.45, 2.75) is 27.7 Å². The van der Waals surface area contributed by atoms with Crippen LogP contribution in [0.25, 0.3) is 0 Å². The fraction of sp³-hybridized carbons (Fsp3) is 0.143. The molecule has 0 aliphatic carbocycles. The smallest absolute Gasteiger partial charge is 0.171 e. The van der Waals surface area contributed by atoms with Crippen LogP contribution in [-0.4, -0.2) is 15.3 Å². The van der Waals surface area contributed by atoms with Crippen LogP contribution in [0.1, 0.15) is 22.3 Å². The number of phenolic OH excluding ortho intramolecular Hbond substituents is 3. The van der Waals surface area contributed by atoms with Crippen LogP contribution in [0.4, 0.5) is 17.1 Å². The van der Waals surface area contributed by atoms with Gasteiger partial charge in [-0.2, -0.15) is 0 Å². The van der Waals surface area contributed by atoms with Crippen molar-refractivity contribution in [1.82, 2.24) is 0 Å². The number of benzene rings is 4. The maximum atomic E-state index is 10.3. The fourth-order valence-electron chi connectivity index (χ4n) is 3.85. The van der Waals surface area contributed by atoms with Gasteiger partial charge in [0.2, 0.25) is 0 Å². The van der Waals surface area contributed by atoms with Gasteiger partial charge in [-0.15, -0.1) is 0 Å². The molecular formula is C28H27NO4. The lowest BCUT2D eigenvalue weighted by Crippen LogP contribution is -2.10. The maximum absolute atomic E-state index is 10.3. The quantitative estimate of drug-likeness (QED) is 0.303. The zero-order chi connectivity index (χ0) is 23.7.